The van der Waals surface area contributed by atoms with E-state index in [2.05, 4.69) is 27.5 Å². The minimum atomic E-state index is -4.56. The van der Waals surface area contributed by atoms with Gasteiger partial charge in [-0.05, 0) is 17.5 Å². The molecule has 0 amide bonds. The maximum Gasteiger partial charge on any atom is 0.417 e. The quantitative estimate of drug-likeness (QED) is 0.773. The zero-order valence-corrected chi connectivity index (χ0v) is 11.7. The lowest BCUT2D eigenvalue weighted by Gasteiger charge is -2.12. The van der Waals surface area contributed by atoms with Crippen molar-refractivity contribution in [3.05, 3.63) is 33.9 Å². The second kappa shape index (κ2) is 5.76. The van der Waals surface area contributed by atoms with Gasteiger partial charge >= 0.3 is 6.18 Å². The van der Waals surface area contributed by atoms with Gasteiger partial charge in [-0.1, -0.05) is 34.3 Å². The van der Waals surface area contributed by atoms with Crippen LogP contribution >= 0.6 is 27.7 Å². The Morgan fingerprint density at radius 1 is 1.61 bits per heavy atom. The van der Waals surface area contributed by atoms with Gasteiger partial charge in [0.15, 0.2) is 0 Å². The molecule has 0 N–H and O–H groups in total. The number of pyridine rings is 1. The van der Waals surface area contributed by atoms with E-state index in [0.29, 0.717) is 10.2 Å². The number of hydrogen-bond acceptors (Lipinski definition) is 3. The first-order valence-corrected chi connectivity index (χ1v) is 6.48. The van der Waals surface area contributed by atoms with Crippen molar-refractivity contribution in [3.8, 4) is 6.07 Å². The van der Waals surface area contributed by atoms with Crippen molar-refractivity contribution in [1.29, 1.82) is 5.26 Å². The fourth-order valence-corrected chi connectivity index (χ4v) is 2.37. The molecule has 0 aromatic carbocycles. The van der Waals surface area contributed by atoms with E-state index < -0.39 is 17.3 Å². The average Bonchev–Trinajstić information content (AvgIpc) is 2.24. The second-order valence-electron chi connectivity index (χ2n) is 3.41. The summed E-state index contributed by atoms with van der Waals surface area (Å²) in [5.41, 5.74) is -1.16. The zero-order chi connectivity index (χ0) is 13.9. The highest BCUT2D eigenvalue weighted by molar-refractivity contribution is 9.11. The van der Waals surface area contributed by atoms with Crippen LogP contribution in [0.25, 0.3) is 0 Å². The van der Waals surface area contributed by atoms with Crippen LogP contribution in [0, 0.1) is 18.3 Å². The predicted octanol–water partition coefficient (Wildman–Crippen LogP) is 4.28. The molecule has 96 valence electrons. The molecule has 0 aliphatic carbocycles. The Morgan fingerprint density at radius 3 is 2.67 bits per heavy atom. The molecule has 0 unspecified atom stereocenters. The molecule has 1 rings (SSSR count). The third-order valence-corrected chi connectivity index (χ3v) is 3.61. The highest BCUT2D eigenvalue weighted by Crippen LogP contribution is 2.36. The summed E-state index contributed by atoms with van der Waals surface area (Å²) in [6, 6.07) is 2.45. The number of halogens is 4. The third kappa shape index (κ3) is 3.75. The van der Waals surface area contributed by atoms with E-state index in [0.717, 1.165) is 17.8 Å². The SMILES string of the molecule is C=C(Br)CSc1nc(C)cc(C(F)(F)F)c1C#N. The van der Waals surface area contributed by atoms with E-state index in [4.69, 9.17) is 5.26 Å². The Labute approximate surface area is 115 Å². The Morgan fingerprint density at radius 2 is 2.22 bits per heavy atom. The van der Waals surface area contributed by atoms with Crippen molar-refractivity contribution in [2.45, 2.75) is 18.1 Å². The molecule has 18 heavy (non-hydrogen) atoms. The minimum absolute atomic E-state index is 0.0745. The molecular weight excluding hydrogens is 329 g/mol. The number of aromatic nitrogens is 1. The van der Waals surface area contributed by atoms with Gasteiger partial charge < -0.3 is 0 Å². The van der Waals surface area contributed by atoms with Gasteiger partial charge in [0.1, 0.15) is 11.1 Å². The number of thioether (sulfide) groups is 1. The molecule has 1 heterocycles. The molecule has 0 saturated carbocycles. The van der Waals surface area contributed by atoms with E-state index >= 15 is 0 Å². The number of nitriles is 1. The maximum atomic E-state index is 12.8. The Kier molecular flexibility index (Phi) is 4.82. The van der Waals surface area contributed by atoms with Crippen molar-refractivity contribution in [3.63, 3.8) is 0 Å². The number of nitrogens with zero attached hydrogens (tertiary/aromatic N) is 2. The molecule has 0 spiro atoms. The van der Waals surface area contributed by atoms with Gasteiger partial charge in [0.05, 0.1) is 11.1 Å². The van der Waals surface area contributed by atoms with Crippen LogP contribution in [0.2, 0.25) is 0 Å². The fourth-order valence-electron chi connectivity index (χ4n) is 1.23. The first-order valence-electron chi connectivity index (χ1n) is 4.70. The smallest absolute Gasteiger partial charge is 0.245 e. The van der Waals surface area contributed by atoms with Crippen molar-refractivity contribution in [2.24, 2.45) is 0 Å². The van der Waals surface area contributed by atoms with E-state index in [1.807, 2.05) is 0 Å². The summed E-state index contributed by atoms with van der Waals surface area (Å²) in [4.78, 5) is 3.97. The van der Waals surface area contributed by atoms with Crippen LogP contribution in [0.1, 0.15) is 16.8 Å². The second-order valence-corrected chi connectivity index (χ2v) is 5.49. The Bertz CT molecular complexity index is 520. The summed E-state index contributed by atoms with van der Waals surface area (Å²) in [5, 5.41) is 8.96. The van der Waals surface area contributed by atoms with Crippen molar-refractivity contribution in [1.82, 2.24) is 4.98 Å². The normalized spacial score (nSPS) is 11.1. The molecule has 0 saturated heterocycles. The maximum absolute atomic E-state index is 12.8. The molecule has 7 heteroatoms. The highest BCUT2D eigenvalue weighted by atomic mass is 79.9. The van der Waals surface area contributed by atoms with Gasteiger partial charge in [-0.15, -0.1) is 0 Å². The average molecular weight is 337 g/mol. The van der Waals surface area contributed by atoms with Crippen LogP contribution in [-0.4, -0.2) is 10.7 Å². The molecule has 0 bridgehead atoms. The minimum Gasteiger partial charge on any atom is -0.245 e. The molecule has 2 nitrogen and oxygen atoms in total. The molecule has 0 atom stereocenters. The van der Waals surface area contributed by atoms with Crippen LogP contribution in [0.3, 0.4) is 0 Å². The Balaban J connectivity index is 3.30. The summed E-state index contributed by atoms with van der Waals surface area (Å²) in [5.74, 6) is 0.350. The lowest BCUT2D eigenvalue weighted by molar-refractivity contribution is -0.138. The summed E-state index contributed by atoms with van der Waals surface area (Å²) in [6.45, 7) is 5.04. The predicted molar refractivity (Wildman–Crippen MR) is 67.5 cm³/mol. The van der Waals surface area contributed by atoms with Crippen LogP contribution < -0.4 is 0 Å². The van der Waals surface area contributed by atoms with Gasteiger partial charge in [-0.25, -0.2) is 4.98 Å². The van der Waals surface area contributed by atoms with E-state index in [1.165, 1.54) is 6.92 Å². The molecule has 1 aromatic rings. The van der Waals surface area contributed by atoms with Gasteiger partial charge in [-0.3, -0.25) is 0 Å². The molecule has 0 radical (unpaired) electrons. The molecule has 1 aromatic heterocycles. The summed E-state index contributed by atoms with van der Waals surface area (Å²) in [7, 11) is 0. The number of hydrogen-bond donors (Lipinski definition) is 0. The highest BCUT2D eigenvalue weighted by Gasteiger charge is 2.35. The van der Waals surface area contributed by atoms with Crippen molar-refractivity contribution < 1.29 is 13.2 Å². The number of alkyl halides is 3. The van der Waals surface area contributed by atoms with Gasteiger partial charge in [0.25, 0.3) is 0 Å². The largest absolute Gasteiger partial charge is 0.417 e. The van der Waals surface area contributed by atoms with Crippen molar-refractivity contribution in [2.75, 3.05) is 5.75 Å². The molecule has 0 aliphatic heterocycles. The summed E-state index contributed by atoms with van der Waals surface area (Å²) >= 11 is 4.15. The molecular formula is C11H8BrF3N2S. The van der Waals surface area contributed by atoms with Gasteiger partial charge in [0.2, 0.25) is 0 Å². The topological polar surface area (TPSA) is 36.7 Å². The van der Waals surface area contributed by atoms with E-state index in [9.17, 15) is 13.2 Å². The van der Waals surface area contributed by atoms with Crippen molar-refractivity contribution >= 4 is 27.7 Å². The summed E-state index contributed by atoms with van der Waals surface area (Å²) < 4.78 is 39.0. The first kappa shape index (κ1) is 15.1. The number of aryl methyl sites for hydroxylation is 1. The Hall–Kier alpha value is -1.00. The lowest BCUT2D eigenvalue weighted by atomic mass is 10.1. The fraction of sp³-hybridized carbons (Fsp3) is 0.273. The first-order chi connectivity index (χ1) is 8.25. The van der Waals surface area contributed by atoms with Gasteiger partial charge in [0, 0.05) is 11.4 Å². The van der Waals surface area contributed by atoms with Crippen LogP contribution in [0.4, 0.5) is 13.2 Å². The monoisotopic (exact) mass is 336 g/mol. The number of rotatable bonds is 3. The van der Waals surface area contributed by atoms with Gasteiger partial charge in [-0.2, -0.15) is 18.4 Å². The van der Waals surface area contributed by atoms with Crippen LogP contribution in [0.15, 0.2) is 22.2 Å². The standard InChI is InChI=1S/C11H8BrF3N2S/c1-6(12)5-18-10-8(4-16)9(11(13,14)15)3-7(2)17-10/h3H,1,5H2,2H3. The molecule has 0 aliphatic rings. The zero-order valence-electron chi connectivity index (χ0n) is 9.31. The summed E-state index contributed by atoms with van der Waals surface area (Å²) in [6.07, 6.45) is -4.56. The third-order valence-electron chi connectivity index (χ3n) is 1.90. The van der Waals surface area contributed by atoms with Crippen LogP contribution in [-0.2, 0) is 6.18 Å². The van der Waals surface area contributed by atoms with Crippen LogP contribution in [0.5, 0.6) is 0 Å². The van der Waals surface area contributed by atoms with E-state index in [1.54, 1.807) is 6.07 Å². The lowest BCUT2D eigenvalue weighted by Crippen LogP contribution is -2.10. The molecule has 0 fully saturated rings. The van der Waals surface area contributed by atoms with E-state index in [-0.39, 0.29) is 10.7 Å².